The first-order chi connectivity index (χ1) is 13.1. The van der Waals surface area contributed by atoms with Crippen molar-refractivity contribution in [2.75, 3.05) is 0 Å². The zero-order valence-electron chi connectivity index (χ0n) is 14.7. The predicted molar refractivity (Wildman–Crippen MR) is 107 cm³/mol. The first-order valence-corrected chi connectivity index (χ1v) is 9.20. The Morgan fingerprint density at radius 2 is 1.81 bits per heavy atom. The fourth-order valence-electron chi connectivity index (χ4n) is 3.13. The highest BCUT2D eigenvalue weighted by Gasteiger charge is 2.18. The van der Waals surface area contributed by atoms with Crippen molar-refractivity contribution in [3.05, 3.63) is 74.1 Å². The van der Waals surface area contributed by atoms with Gasteiger partial charge in [-0.1, -0.05) is 37.1 Å². The molecule has 4 aromatic rings. The molecule has 0 fully saturated rings. The van der Waals surface area contributed by atoms with Crippen LogP contribution in [0.2, 0.25) is 5.02 Å². The Kier molecular flexibility index (Phi) is 4.54. The molecule has 0 unspecified atom stereocenters. The van der Waals surface area contributed by atoms with Crippen LogP contribution in [0, 0.1) is 0 Å². The third-order valence-electron chi connectivity index (χ3n) is 4.54. The standard InChI is InChI=1S/C21H17ClN2O3/c1-2-3-12-24-19(13-8-10-14(22)11-9-13)23-20-17(21(24)26)18(25)15-6-4-5-7-16(15)27-20/h4-11H,2-3,12H2,1H3. The van der Waals surface area contributed by atoms with Crippen molar-refractivity contribution in [2.45, 2.75) is 26.3 Å². The number of benzene rings is 2. The van der Waals surface area contributed by atoms with Gasteiger partial charge < -0.3 is 4.42 Å². The lowest BCUT2D eigenvalue weighted by Crippen LogP contribution is -2.27. The van der Waals surface area contributed by atoms with Gasteiger partial charge in [0.05, 0.1) is 5.39 Å². The molecule has 6 heteroatoms. The summed E-state index contributed by atoms with van der Waals surface area (Å²) in [5, 5.41) is 0.965. The maximum absolute atomic E-state index is 13.2. The van der Waals surface area contributed by atoms with Crippen molar-refractivity contribution in [2.24, 2.45) is 0 Å². The van der Waals surface area contributed by atoms with Gasteiger partial charge in [0.15, 0.2) is 5.39 Å². The summed E-state index contributed by atoms with van der Waals surface area (Å²) in [4.78, 5) is 30.6. The molecule has 0 N–H and O–H groups in total. The van der Waals surface area contributed by atoms with E-state index in [0.717, 1.165) is 18.4 Å². The lowest BCUT2D eigenvalue weighted by molar-refractivity contribution is 0.599. The molecule has 0 saturated carbocycles. The highest BCUT2D eigenvalue weighted by Crippen LogP contribution is 2.22. The van der Waals surface area contributed by atoms with Crippen LogP contribution in [-0.4, -0.2) is 9.55 Å². The second-order valence-corrected chi connectivity index (χ2v) is 6.80. The summed E-state index contributed by atoms with van der Waals surface area (Å²) in [7, 11) is 0. The molecule has 2 heterocycles. The second-order valence-electron chi connectivity index (χ2n) is 6.36. The normalized spacial score (nSPS) is 11.3. The van der Waals surface area contributed by atoms with E-state index in [1.165, 1.54) is 0 Å². The van der Waals surface area contributed by atoms with E-state index < -0.39 is 0 Å². The summed E-state index contributed by atoms with van der Waals surface area (Å²) in [5.74, 6) is 0.469. The second kappa shape index (κ2) is 7.00. The van der Waals surface area contributed by atoms with Gasteiger partial charge >= 0.3 is 0 Å². The molecule has 0 spiro atoms. The van der Waals surface area contributed by atoms with Crippen LogP contribution in [0.15, 0.2) is 62.5 Å². The van der Waals surface area contributed by atoms with E-state index in [1.807, 2.05) is 6.92 Å². The van der Waals surface area contributed by atoms with Crippen LogP contribution in [0.4, 0.5) is 0 Å². The molecule has 0 saturated heterocycles. The monoisotopic (exact) mass is 380 g/mol. The lowest BCUT2D eigenvalue weighted by Gasteiger charge is -2.13. The Morgan fingerprint density at radius 1 is 1.07 bits per heavy atom. The molecule has 27 heavy (non-hydrogen) atoms. The van der Waals surface area contributed by atoms with Gasteiger partial charge in [0.25, 0.3) is 5.56 Å². The minimum absolute atomic E-state index is 0.0116. The number of rotatable bonds is 4. The number of hydrogen-bond donors (Lipinski definition) is 0. The minimum Gasteiger partial charge on any atom is -0.437 e. The fourth-order valence-corrected chi connectivity index (χ4v) is 3.25. The van der Waals surface area contributed by atoms with E-state index in [9.17, 15) is 9.59 Å². The number of nitrogens with zero attached hydrogens (tertiary/aromatic N) is 2. The van der Waals surface area contributed by atoms with Crippen LogP contribution >= 0.6 is 11.6 Å². The molecule has 0 aliphatic rings. The van der Waals surface area contributed by atoms with Crippen molar-refractivity contribution in [1.29, 1.82) is 0 Å². The Labute approximate surface area is 159 Å². The molecule has 0 atom stereocenters. The van der Waals surface area contributed by atoms with Crippen LogP contribution in [0.25, 0.3) is 33.5 Å². The molecule has 5 nitrogen and oxygen atoms in total. The summed E-state index contributed by atoms with van der Waals surface area (Å²) in [6.07, 6.45) is 1.71. The van der Waals surface area contributed by atoms with Gasteiger partial charge in [-0.15, -0.1) is 0 Å². The molecular formula is C21H17ClN2O3. The van der Waals surface area contributed by atoms with Crippen LogP contribution in [-0.2, 0) is 6.54 Å². The maximum Gasteiger partial charge on any atom is 0.269 e. The van der Waals surface area contributed by atoms with Crippen LogP contribution in [0.5, 0.6) is 0 Å². The molecule has 4 rings (SSSR count). The average Bonchev–Trinajstić information content (AvgIpc) is 2.68. The van der Waals surface area contributed by atoms with Crippen LogP contribution in [0.3, 0.4) is 0 Å². The van der Waals surface area contributed by atoms with Crippen molar-refractivity contribution < 1.29 is 4.42 Å². The van der Waals surface area contributed by atoms with Crippen LogP contribution in [0.1, 0.15) is 19.8 Å². The molecule has 2 aromatic carbocycles. The first kappa shape index (κ1) is 17.5. The third-order valence-corrected chi connectivity index (χ3v) is 4.79. The van der Waals surface area contributed by atoms with Crippen LogP contribution < -0.4 is 11.0 Å². The van der Waals surface area contributed by atoms with Gasteiger partial charge in [-0.25, -0.2) is 0 Å². The van der Waals surface area contributed by atoms with E-state index in [4.69, 9.17) is 16.0 Å². The Hall–Kier alpha value is -2.92. The minimum atomic E-state index is -0.377. The molecule has 0 aliphatic heterocycles. The molecule has 0 bridgehead atoms. The number of halogens is 1. The van der Waals surface area contributed by atoms with Gasteiger partial charge in [0.2, 0.25) is 11.1 Å². The van der Waals surface area contributed by atoms with Crippen molar-refractivity contribution >= 4 is 33.7 Å². The van der Waals surface area contributed by atoms with E-state index in [2.05, 4.69) is 4.98 Å². The largest absolute Gasteiger partial charge is 0.437 e. The number of para-hydroxylation sites is 1. The average molecular weight is 381 g/mol. The number of aromatic nitrogens is 2. The molecule has 0 aliphatic carbocycles. The number of unbranched alkanes of at least 4 members (excludes halogenated alkanes) is 1. The van der Waals surface area contributed by atoms with E-state index in [-0.39, 0.29) is 22.1 Å². The zero-order valence-corrected chi connectivity index (χ0v) is 15.5. The number of hydrogen-bond acceptors (Lipinski definition) is 4. The van der Waals surface area contributed by atoms with Gasteiger partial charge in [-0.2, -0.15) is 4.98 Å². The summed E-state index contributed by atoms with van der Waals surface area (Å²) in [6.45, 7) is 2.52. The fraction of sp³-hybridized carbons (Fsp3) is 0.190. The maximum atomic E-state index is 13.2. The molecule has 136 valence electrons. The van der Waals surface area contributed by atoms with E-state index in [1.54, 1.807) is 53.1 Å². The van der Waals surface area contributed by atoms with E-state index >= 15 is 0 Å². The van der Waals surface area contributed by atoms with Crippen molar-refractivity contribution in [3.63, 3.8) is 0 Å². The molecule has 2 aromatic heterocycles. The van der Waals surface area contributed by atoms with Gasteiger partial charge in [-0.3, -0.25) is 14.2 Å². The summed E-state index contributed by atoms with van der Waals surface area (Å²) in [6, 6.07) is 14.0. The Bertz CT molecular complexity index is 1260. The highest BCUT2D eigenvalue weighted by molar-refractivity contribution is 6.30. The Balaban J connectivity index is 2.10. The van der Waals surface area contributed by atoms with Gasteiger partial charge in [0.1, 0.15) is 11.4 Å². The zero-order chi connectivity index (χ0) is 19.0. The molecule has 0 amide bonds. The summed E-state index contributed by atoms with van der Waals surface area (Å²) >= 11 is 5.99. The first-order valence-electron chi connectivity index (χ1n) is 8.82. The van der Waals surface area contributed by atoms with Crippen molar-refractivity contribution in [1.82, 2.24) is 9.55 Å². The summed E-state index contributed by atoms with van der Waals surface area (Å²) < 4.78 is 7.36. The summed E-state index contributed by atoms with van der Waals surface area (Å²) in [5.41, 5.74) is 0.483. The molecule has 0 radical (unpaired) electrons. The SMILES string of the molecule is CCCCn1c(-c2ccc(Cl)cc2)nc2oc3ccccc3c(=O)c2c1=O. The van der Waals surface area contributed by atoms with Gasteiger partial charge in [-0.05, 0) is 42.8 Å². The van der Waals surface area contributed by atoms with Gasteiger partial charge in [0, 0.05) is 17.1 Å². The topological polar surface area (TPSA) is 65.1 Å². The molecular weight excluding hydrogens is 364 g/mol. The van der Waals surface area contributed by atoms with Crippen molar-refractivity contribution in [3.8, 4) is 11.4 Å². The quantitative estimate of drug-likeness (QED) is 0.484. The number of fused-ring (bicyclic) bond motifs is 2. The smallest absolute Gasteiger partial charge is 0.269 e. The highest BCUT2D eigenvalue weighted by atomic mass is 35.5. The lowest BCUT2D eigenvalue weighted by atomic mass is 10.1. The third kappa shape index (κ3) is 3.04. The Morgan fingerprint density at radius 3 is 2.56 bits per heavy atom. The van der Waals surface area contributed by atoms with E-state index in [0.29, 0.717) is 28.4 Å². The predicted octanol–water partition coefficient (Wildman–Crippen LogP) is 4.62.